The molecule has 0 aliphatic heterocycles. The van der Waals surface area contributed by atoms with E-state index < -0.39 is 12.1 Å². The number of carbonyl (C=O) groups is 1. The number of halogens is 3. The molecule has 0 saturated heterocycles. The number of nitrogens with one attached hydrogen (secondary N) is 1. The van der Waals surface area contributed by atoms with Gasteiger partial charge in [0.25, 0.3) is 5.91 Å². The van der Waals surface area contributed by atoms with Crippen LogP contribution in [0.2, 0.25) is 0 Å². The number of alkyl halides is 3. The Kier molecular flexibility index (Phi) is 5.31. The molecule has 0 aliphatic carbocycles. The summed E-state index contributed by atoms with van der Waals surface area (Å²) >= 11 is 1.20. The topological polar surface area (TPSA) is 85.8 Å². The SMILES string of the molecule is CC(C)CNC(=O)c1ccnn1Cc1ccc(-c2noc(C(F)(F)F)n2)s1. The lowest BCUT2D eigenvalue weighted by molar-refractivity contribution is -0.159. The van der Waals surface area contributed by atoms with E-state index in [9.17, 15) is 18.0 Å². The fourth-order valence-corrected chi connectivity index (χ4v) is 3.12. The lowest BCUT2D eigenvalue weighted by Gasteiger charge is -2.09. The maximum Gasteiger partial charge on any atom is 0.471 e. The minimum Gasteiger partial charge on any atom is -0.350 e. The van der Waals surface area contributed by atoms with Crippen LogP contribution in [0.25, 0.3) is 10.7 Å². The molecule has 0 aliphatic rings. The largest absolute Gasteiger partial charge is 0.471 e. The summed E-state index contributed by atoms with van der Waals surface area (Å²) in [5, 5.41) is 10.3. The third kappa shape index (κ3) is 4.54. The molecular weight excluding hydrogens is 383 g/mol. The van der Waals surface area contributed by atoms with E-state index in [-0.39, 0.29) is 11.7 Å². The Hall–Kier alpha value is -2.69. The van der Waals surface area contributed by atoms with Crippen molar-refractivity contribution in [2.75, 3.05) is 6.54 Å². The first kappa shape index (κ1) is 19.1. The zero-order valence-electron chi connectivity index (χ0n) is 14.4. The van der Waals surface area contributed by atoms with Crippen molar-refractivity contribution in [3.63, 3.8) is 0 Å². The molecule has 0 unspecified atom stereocenters. The fourth-order valence-electron chi connectivity index (χ4n) is 2.21. The molecule has 0 fully saturated rings. The Morgan fingerprint density at radius 3 is 2.78 bits per heavy atom. The highest BCUT2D eigenvalue weighted by atomic mass is 32.1. The number of nitrogens with zero attached hydrogens (tertiary/aromatic N) is 4. The van der Waals surface area contributed by atoms with Gasteiger partial charge in [0.2, 0.25) is 5.82 Å². The van der Waals surface area contributed by atoms with E-state index in [1.165, 1.54) is 22.2 Å². The smallest absolute Gasteiger partial charge is 0.350 e. The van der Waals surface area contributed by atoms with Crippen LogP contribution in [0.1, 0.15) is 35.1 Å². The Labute approximate surface area is 156 Å². The van der Waals surface area contributed by atoms with Crippen LogP contribution in [0.15, 0.2) is 28.9 Å². The quantitative estimate of drug-likeness (QED) is 0.686. The van der Waals surface area contributed by atoms with E-state index in [0.717, 1.165) is 4.88 Å². The molecule has 0 saturated carbocycles. The van der Waals surface area contributed by atoms with E-state index in [2.05, 4.69) is 25.1 Å². The number of hydrogen-bond donors (Lipinski definition) is 1. The molecule has 1 N–H and O–H groups in total. The molecule has 3 rings (SSSR count). The van der Waals surface area contributed by atoms with Gasteiger partial charge in [0.1, 0.15) is 5.69 Å². The van der Waals surface area contributed by atoms with Gasteiger partial charge in [-0.2, -0.15) is 23.3 Å². The van der Waals surface area contributed by atoms with Crippen LogP contribution in [0.3, 0.4) is 0 Å². The lowest BCUT2D eigenvalue weighted by atomic mass is 10.2. The van der Waals surface area contributed by atoms with Crippen molar-refractivity contribution in [1.29, 1.82) is 0 Å². The van der Waals surface area contributed by atoms with Crippen LogP contribution in [0.5, 0.6) is 0 Å². The summed E-state index contributed by atoms with van der Waals surface area (Å²) in [6.07, 6.45) is -3.16. The van der Waals surface area contributed by atoms with Crippen molar-refractivity contribution in [1.82, 2.24) is 25.2 Å². The van der Waals surface area contributed by atoms with Gasteiger partial charge in [-0.1, -0.05) is 19.0 Å². The Morgan fingerprint density at radius 1 is 1.33 bits per heavy atom. The molecule has 3 aromatic heterocycles. The molecule has 0 spiro atoms. The maximum atomic E-state index is 12.6. The molecule has 0 atom stereocenters. The van der Waals surface area contributed by atoms with E-state index in [1.54, 1.807) is 18.2 Å². The average molecular weight is 399 g/mol. The lowest BCUT2D eigenvalue weighted by Crippen LogP contribution is -2.29. The first-order valence-electron chi connectivity index (χ1n) is 8.04. The molecule has 0 radical (unpaired) electrons. The molecule has 144 valence electrons. The van der Waals surface area contributed by atoms with Crippen LogP contribution in [0, 0.1) is 5.92 Å². The molecule has 0 bridgehead atoms. The van der Waals surface area contributed by atoms with E-state index in [0.29, 0.717) is 29.6 Å². The number of aromatic nitrogens is 4. The predicted molar refractivity (Wildman–Crippen MR) is 91.1 cm³/mol. The maximum absolute atomic E-state index is 12.6. The van der Waals surface area contributed by atoms with Crippen molar-refractivity contribution >= 4 is 17.2 Å². The first-order chi connectivity index (χ1) is 12.7. The predicted octanol–water partition coefficient (Wildman–Crippen LogP) is 3.45. The van der Waals surface area contributed by atoms with E-state index >= 15 is 0 Å². The summed E-state index contributed by atoms with van der Waals surface area (Å²) in [7, 11) is 0. The van der Waals surface area contributed by atoms with Crippen molar-refractivity contribution in [2.45, 2.75) is 26.6 Å². The minimum absolute atomic E-state index is 0.131. The van der Waals surface area contributed by atoms with Gasteiger partial charge in [-0.15, -0.1) is 11.3 Å². The molecule has 27 heavy (non-hydrogen) atoms. The van der Waals surface area contributed by atoms with Crippen LogP contribution < -0.4 is 5.32 Å². The van der Waals surface area contributed by atoms with E-state index in [1.807, 2.05) is 13.8 Å². The molecule has 0 aromatic carbocycles. The van der Waals surface area contributed by atoms with Crippen LogP contribution in [0.4, 0.5) is 13.2 Å². The van der Waals surface area contributed by atoms with Gasteiger partial charge in [0.05, 0.1) is 11.4 Å². The van der Waals surface area contributed by atoms with Crippen LogP contribution in [-0.2, 0) is 12.7 Å². The van der Waals surface area contributed by atoms with Gasteiger partial charge < -0.3 is 9.84 Å². The molecular formula is C16H16F3N5O2S. The second kappa shape index (κ2) is 7.51. The van der Waals surface area contributed by atoms with Crippen molar-refractivity contribution in [2.24, 2.45) is 5.92 Å². The zero-order chi connectivity index (χ0) is 19.6. The van der Waals surface area contributed by atoms with Gasteiger partial charge in [-0.05, 0) is 24.1 Å². The molecule has 7 nitrogen and oxygen atoms in total. The van der Waals surface area contributed by atoms with Crippen molar-refractivity contribution < 1.29 is 22.5 Å². The number of amides is 1. The molecule has 11 heteroatoms. The van der Waals surface area contributed by atoms with Crippen molar-refractivity contribution in [3.05, 3.63) is 40.9 Å². The summed E-state index contributed by atoms with van der Waals surface area (Å²) in [6, 6.07) is 4.94. The third-order valence-corrected chi connectivity index (χ3v) is 4.54. The average Bonchev–Trinajstić information content (AvgIpc) is 3.32. The second-order valence-electron chi connectivity index (χ2n) is 6.16. The monoisotopic (exact) mass is 399 g/mol. The summed E-state index contributed by atoms with van der Waals surface area (Å²) in [5.74, 6) is -1.43. The Morgan fingerprint density at radius 2 is 2.11 bits per heavy atom. The van der Waals surface area contributed by atoms with Crippen LogP contribution in [-0.4, -0.2) is 32.4 Å². The van der Waals surface area contributed by atoms with E-state index in [4.69, 9.17) is 0 Å². The normalized spacial score (nSPS) is 11.9. The summed E-state index contributed by atoms with van der Waals surface area (Å²) in [4.78, 5) is 16.8. The fraction of sp³-hybridized carbons (Fsp3) is 0.375. The molecule has 3 heterocycles. The Balaban J connectivity index is 1.73. The minimum atomic E-state index is -4.68. The zero-order valence-corrected chi connectivity index (χ0v) is 15.3. The molecule has 1 amide bonds. The highest BCUT2D eigenvalue weighted by Crippen LogP contribution is 2.31. The van der Waals surface area contributed by atoms with Gasteiger partial charge in [-0.3, -0.25) is 9.48 Å². The summed E-state index contributed by atoms with van der Waals surface area (Å²) in [5.41, 5.74) is 0.407. The van der Waals surface area contributed by atoms with Gasteiger partial charge in [0.15, 0.2) is 0 Å². The van der Waals surface area contributed by atoms with Crippen molar-refractivity contribution in [3.8, 4) is 10.7 Å². The highest BCUT2D eigenvalue weighted by Gasteiger charge is 2.38. The molecule has 3 aromatic rings. The van der Waals surface area contributed by atoms with Crippen LogP contribution >= 0.6 is 11.3 Å². The van der Waals surface area contributed by atoms with Gasteiger partial charge >= 0.3 is 12.1 Å². The van der Waals surface area contributed by atoms with Gasteiger partial charge in [0, 0.05) is 17.6 Å². The number of rotatable bonds is 6. The Bertz CT molecular complexity index is 929. The third-order valence-electron chi connectivity index (χ3n) is 3.48. The highest BCUT2D eigenvalue weighted by molar-refractivity contribution is 7.15. The second-order valence-corrected chi connectivity index (χ2v) is 7.33. The van der Waals surface area contributed by atoms with Gasteiger partial charge in [-0.25, -0.2) is 0 Å². The number of carbonyl (C=O) groups excluding carboxylic acids is 1. The summed E-state index contributed by atoms with van der Waals surface area (Å²) in [6.45, 7) is 4.83. The number of thiophene rings is 1. The number of hydrogen-bond acceptors (Lipinski definition) is 6. The standard InChI is InChI=1S/C16H16F3N5O2S/c1-9(2)7-20-14(25)11-5-6-21-24(11)8-10-3-4-12(27-10)13-22-15(26-23-13)16(17,18)19/h3-6,9H,7-8H2,1-2H3,(H,20,25). The summed E-state index contributed by atoms with van der Waals surface area (Å²) < 4.78 is 43.5. The first-order valence-corrected chi connectivity index (χ1v) is 8.85.